The summed E-state index contributed by atoms with van der Waals surface area (Å²) in [6.07, 6.45) is 1.11. The quantitative estimate of drug-likeness (QED) is 0.841. The van der Waals surface area contributed by atoms with Crippen molar-refractivity contribution in [2.75, 3.05) is 11.9 Å². The first-order valence-corrected chi connectivity index (χ1v) is 8.12. The highest BCUT2D eigenvalue weighted by Crippen LogP contribution is 2.18. The minimum absolute atomic E-state index is 0. The molecule has 1 aromatic rings. The molecule has 1 rings (SSSR count). The van der Waals surface area contributed by atoms with Gasteiger partial charge in [-0.05, 0) is 51.4 Å². The van der Waals surface area contributed by atoms with Gasteiger partial charge < -0.3 is 11.1 Å². The second-order valence-corrected chi connectivity index (χ2v) is 7.95. The number of carbonyl (C=O) groups is 1. The van der Waals surface area contributed by atoms with Crippen LogP contribution in [0.25, 0.3) is 0 Å². The van der Waals surface area contributed by atoms with Crippen molar-refractivity contribution in [1.82, 2.24) is 0 Å². The predicted octanol–water partition coefficient (Wildman–Crippen LogP) is 2.83. The monoisotopic (exact) mass is 332 g/mol. The van der Waals surface area contributed by atoms with Crippen LogP contribution in [-0.4, -0.2) is 21.4 Å². The topological polar surface area (TPSA) is 72.2 Å². The molecular weight excluding hydrogens is 308 g/mol. The molecule has 0 aliphatic rings. The molecule has 0 fully saturated rings. The van der Waals surface area contributed by atoms with E-state index < -0.39 is 10.8 Å². The molecular formula is C15H25ClN2O2S. The summed E-state index contributed by atoms with van der Waals surface area (Å²) >= 11 is 0. The van der Waals surface area contributed by atoms with Crippen LogP contribution >= 0.6 is 12.4 Å². The number of anilines is 1. The maximum Gasteiger partial charge on any atom is 0.224 e. The summed E-state index contributed by atoms with van der Waals surface area (Å²) in [6.45, 7) is 6.39. The Morgan fingerprint density at radius 2 is 2.00 bits per heavy atom. The van der Waals surface area contributed by atoms with Crippen LogP contribution in [0.15, 0.2) is 24.3 Å². The first-order chi connectivity index (χ1) is 9.32. The van der Waals surface area contributed by atoms with E-state index >= 15 is 0 Å². The van der Waals surface area contributed by atoms with Gasteiger partial charge in [-0.1, -0.05) is 12.1 Å². The number of nitrogens with one attached hydrogen (secondary N) is 1. The van der Waals surface area contributed by atoms with E-state index in [1.807, 2.05) is 45.0 Å². The Morgan fingerprint density at radius 3 is 2.57 bits per heavy atom. The number of benzene rings is 1. The van der Waals surface area contributed by atoms with Crippen LogP contribution in [0.3, 0.4) is 0 Å². The van der Waals surface area contributed by atoms with E-state index in [1.165, 1.54) is 0 Å². The fourth-order valence-corrected chi connectivity index (χ4v) is 2.51. The Morgan fingerprint density at radius 1 is 1.33 bits per heavy atom. The molecule has 0 spiro atoms. The smallest absolute Gasteiger partial charge is 0.224 e. The van der Waals surface area contributed by atoms with Gasteiger partial charge in [0.1, 0.15) is 0 Å². The average Bonchev–Trinajstić information content (AvgIpc) is 2.35. The molecule has 0 aromatic heterocycles. The molecule has 21 heavy (non-hydrogen) atoms. The summed E-state index contributed by atoms with van der Waals surface area (Å²) in [5.74, 6) is 0.459. The number of nitrogens with two attached hydrogens (primary N) is 1. The minimum atomic E-state index is -0.943. The van der Waals surface area contributed by atoms with Crippen LogP contribution in [0.2, 0.25) is 0 Å². The van der Waals surface area contributed by atoms with Gasteiger partial charge in [0, 0.05) is 33.4 Å². The van der Waals surface area contributed by atoms with Crippen molar-refractivity contribution in [3.8, 4) is 0 Å². The standard InChI is InChI=1S/C15H24N2O2S.ClH/c1-15(2,3)20(19)11-12-6-4-7-13(10-12)17-14(18)8-5-9-16;/h4,6-7,10H,5,8-9,11,16H2,1-3H3,(H,17,18);1H. The third-order valence-corrected chi connectivity index (χ3v) is 4.76. The highest BCUT2D eigenvalue weighted by atomic mass is 35.5. The van der Waals surface area contributed by atoms with E-state index in [0.717, 1.165) is 11.3 Å². The van der Waals surface area contributed by atoms with E-state index in [-0.39, 0.29) is 23.1 Å². The van der Waals surface area contributed by atoms with Gasteiger partial charge in [-0.2, -0.15) is 0 Å². The second-order valence-electron chi connectivity index (χ2n) is 5.74. The van der Waals surface area contributed by atoms with E-state index in [9.17, 15) is 9.00 Å². The van der Waals surface area contributed by atoms with Crippen LogP contribution < -0.4 is 11.1 Å². The number of amides is 1. The first-order valence-electron chi connectivity index (χ1n) is 6.80. The fraction of sp³-hybridized carbons (Fsp3) is 0.533. The number of hydrogen-bond acceptors (Lipinski definition) is 3. The maximum atomic E-state index is 12.1. The normalized spacial score (nSPS) is 12.4. The molecule has 3 N–H and O–H groups in total. The number of hydrogen-bond donors (Lipinski definition) is 2. The van der Waals surface area contributed by atoms with Gasteiger partial charge in [0.25, 0.3) is 0 Å². The lowest BCUT2D eigenvalue weighted by molar-refractivity contribution is -0.116. The molecule has 0 aliphatic heterocycles. The SMILES string of the molecule is CC(C)(C)S(=O)Cc1cccc(NC(=O)CCCN)c1.Cl. The van der Waals surface area contributed by atoms with Crippen LogP contribution in [0.5, 0.6) is 0 Å². The van der Waals surface area contributed by atoms with Crippen LogP contribution in [-0.2, 0) is 21.3 Å². The molecule has 0 heterocycles. The summed E-state index contributed by atoms with van der Waals surface area (Å²) in [5.41, 5.74) is 7.09. The zero-order chi connectivity index (χ0) is 15.2. The molecule has 1 atom stereocenters. The summed E-state index contributed by atoms with van der Waals surface area (Å²) in [6, 6.07) is 7.51. The van der Waals surface area contributed by atoms with E-state index in [1.54, 1.807) is 0 Å². The van der Waals surface area contributed by atoms with E-state index in [0.29, 0.717) is 25.1 Å². The van der Waals surface area contributed by atoms with Crippen molar-refractivity contribution in [1.29, 1.82) is 0 Å². The van der Waals surface area contributed by atoms with Crippen molar-refractivity contribution in [2.45, 2.75) is 44.1 Å². The van der Waals surface area contributed by atoms with Gasteiger partial charge in [-0.15, -0.1) is 12.4 Å². The zero-order valence-corrected chi connectivity index (χ0v) is 14.5. The van der Waals surface area contributed by atoms with Crippen LogP contribution in [0.1, 0.15) is 39.2 Å². The lowest BCUT2D eigenvalue weighted by Crippen LogP contribution is -2.23. The molecule has 0 saturated heterocycles. The Balaban J connectivity index is 0.00000400. The highest BCUT2D eigenvalue weighted by molar-refractivity contribution is 7.85. The third-order valence-electron chi connectivity index (χ3n) is 2.80. The molecule has 0 radical (unpaired) electrons. The predicted molar refractivity (Wildman–Crippen MR) is 92.2 cm³/mol. The van der Waals surface area contributed by atoms with E-state index in [2.05, 4.69) is 5.32 Å². The summed E-state index contributed by atoms with van der Waals surface area (Å²) in [7, 11) is -0.943. The van der Waals surface area contributed by atoms with E-state index in [4.69, 9.17) is 5.73 Å². The Bertz CT molecular complexity index is 487. The van der Waals surface area contributed by atoms with Crippen molar-refractivity contribution in [3.63, 3.8) is 0 Å². The van der Waals surface area contributed by atoms with Gasteiger partial charge in [0.15, 0.2) is 0 Å². The molecule has 4 nitrogen and oxygen atoms in total. The van der Waals surface area contributed by atoms with Gasteiger partial charge in [-0.3, -0.25) is 9.00 Å². The molecule has 1 amide bonds. The van der Waals surface area contributed by atoms with Gasteiger partial charge >= 0.3 is 0 Å². The fourth-order valence-electron chi connectivity index (χ4n) is 1.59. The molecule has 0 bridgehead atoms. The van der Waals surface area contributed by atoms with Gasteiger partial charge in [0.2, 0.25) is 5.91 Å². The van der Waals surface area contributed by atoms with Crippen molar-refractivity contribution in [2.24, 2.45) is 5.73 Å². The molecule has 1 unspecified atom stereocenters. The van der Waals surface area contributed by atoms with Gasteiger partial charge in [-0.25, -0.2) is 0 Å². The summed E-state index contributed by atoms with van der Waals surface area (Å²) in [5, 5.41) is 2.84. The second kappa shape index (κ2) is 9.18. The largest absolute Gasteiger partial charge is 0.330 e. The lowest BCUT2D eigenvalue weighted by atomic mass is 10.2. The van der Waals surface area contributed by atoms with Crippen molar-refractivity contribution in [3.05, 3.63) is 29.8 Å². The zero-order valence-electron chi connectivity index (χ0n) is 12.8. The van der Waals surface area contributed by atoms with Crippen LogP contribution in [0.4, 0.5) is 5.69 Å². The van der Waals surface area contributed by atoms with Crippen molar-refractivity contribution >= 4 is 34.8 Å². The number of halogens is 1. The Labute approximate surface area is 135 Å². The maximum absolute atomic E-state index is 12.1. The summed E-state index contributed by atoms with van der Waals surface area (Å²) < 4.78 is 11.9. The first kappa shape index (κ1) is 20.1. The van der Waals surface area contributed by atoms with Crippen LogP contribution in [0, 0.1) is 0 Å². The minimum Gasteiger partial charge on any atom is -0.330 e. The lowest BCUT2D eigenvalue weighted by Gasteiger charge is -2.18. The summed E-state index contributed by atoms with van der Waals surface area (Å²) in [4.78, 5) is 11.6. The highest BCUT2D eigenvalue weighted by Gasteiger charge is 2.19. The average molecular weight is 333 g/mol. The number of rotatable bonds is 6. The number of carbonyl (C=O) groups excluding carboxylic acids is 1. The molecule has 6 heteroatoms. The van der Waals surface area contributed by atoms with Gasteiger partial charge in [0.05, 0.1) is 0 Å². The molecule has 0 saturated carbocycles. The molecule has 0 aliphatic carbocycles. The Kier molecular flexibility index (Phi) is 8.78. The molecule has 120 valence electrons. The third kappa shape index (κ3) is 7.60. The van der Waals surface area contributed by atoms with Crippen molar-refractivity contribution < 1.29 is 9.00 Å². The Hall–Kier alpha value is -0.910. The molecule has 1 aromatic carbocycles.